The summed E-state index contributed by atoms with van der Waals surface area (Å²) in [6.45, 7) is 7.70. The van der Waals surface area contributed by atoms with Crippen LogP contribution in [0.15, 0.2) is 0 Å². The Kier molecular flexibility index (Phi) is 10.3. The number of aliphatic hydroxyl groups excluding tert-OH is 1. The number of hydrogen-bond donors (Lipinski definition) is 2. The van der Waals surface area contributed by atoms with E-state index in [0.29, 0.717) is 25.3 Å². The third kappa shape index (κ3) is 9.46. The molecule has 0 aromatic heterocycles. The van der Waals surface area contributed by atoms with E-state index in [9.17, 15) is 5.11 Å². The Morgan fingerprint density at radius 2 is 1.90 bits per heavy atom. The predicted octanol–water partition coefficient (Wildman–Crippen LogP) is 2.41. The van der Waals surface area contributed by atoms with E-state index in [2.05, 4.69) is 31.1 Å². The summed E-state index contributed by atoms with van der Waals surface area (Å²) in [5.41, 5.74) is 0. The average molecular weight is 300 g/mol. The molecule has 0 amide bonds. The Morgan fingerprint density at radius 3 is 2.57 bits per heavy atom. The van der Waals surface area contributed by atoms with Crippen LogP contribution < -0.4 is 5.32 Å². The summed E-state index contributed by atoms with van der Waals surface area (Å²) in [6.07, 6.45) is 8.63. The van der Waals surface area contributed by atoms with Crippen molar-refractivity contribution < 1.29 is 9.84 Å². The number of nitrogens with one attached hydrogen (secondary N) is 1. The molecule has 1 aliphatic rings. The minimum atomic E-state index is -0.370. The molecule has 2 N–H and O–H groups in total. The Hall–Kier alpha value is -0.160. The maximum Gasteiger partial charge on any atom is 0.0897 e. The van der Waals surface area contributed by atoms with Crippen molar-refractivity contribution in [3.8, 4) is 0 Å². The van der Waals surface area contributed by atoms with Crippen LogP contribution in [0.1, 0.15) is 58.8 Å². The first-order chi connectivity index (χ1) is 10.1. The molecule has 1 rings (SSSR count). The number of hydrogen-bond acceptors (Lipinski definition) is 4. The van der Waals surface area contributed by atoms with Gasteiger partial charge in [-0.1, -0.05) is 19.3 Å². The molecule has 0 aromatic rings. The molecule has 1 atom stereocenters. The standard InChI is InChI=1S/C17H36N2O2/c1-15(2)19(3)12-8-7-11-18-13-16(20)14-21-17-9-5-4-6-10-17/h15-18,20H,4-14H2,1-3H3. The van der Waals surface area contributed by atoms with E-state index in [1.165, 1.54) is 38.5 Å². The normalized spacial score (nSPS) is 18.6. The summed E-state index contributed by atoms with van der Waals surface area (Å²) >= 11 is 0. The van der Waals surface area contributed by atoms with E-state index in [1.807, 2.05) is 0 Å². The largest absolute Gasteiger partial charge is 0.389 e. The summed E-state index contributed by atoms with van der Waals surface area (Å²) in [7, 11) is 2.17. The molecular weight excluding hydrogens is 264 g/mol. The lowest BCUT2D eigenvalue weighted by Gasteiger charge is -2.23. The van der Waals surface area contributed by atoms with Crippen molar-refractivity contribution in [3.63, 3.8) is 0 Å². The van der Waals surface area contributed by atoms with Crippen molar-refractivity contribution in [1.29, 1.82) is 0 Å². The van der Waals surface area contributed by atoms with Crippen LogP contribution in [0.5, 0.6) is 0 Å². The van der Waals surface area contributed by atoms with Crippen LogP contribution >= 0.6 is 0 Å². The van der Waals surface area contributed by atoms with Crippen molar-refractivity contribution in [2.75, 3.05) is 33.3 Å². The van der Waals surface area contributed by atoms with Crippen LogP contribution in [0.3, 0.4) is 0 Å². The van der Waals surface area contributed by atoms with Gasteiger partial charge < -0.3 is 20.1 Å². The Bertz CT molecular complexity index is 243. The second-order valence-electron chi connectivity index (χ2n) is 6.73. The highest BCUT2D eigenvalue weighted by Gasteiger charge is 2.15. The number of rotatable bonds is 11. The molecule has 4 nitrogen and oxygen atoms in total. The lowest BCUT2D eigenvalue weighted by Crippen LogP contribution is -2.33. The monoisotopic (exact) mass is 300 g/mol. The van der Waals surface area contributed by atoms with Gasteiger partial charge in [0, 0.05) is 12.6 Å². The molecule has 0 saturated heterocycles. The molecule has 1 unspecified atom stereocenters. The van der Waals surface area contributed by atoms with E-state index in [0.717, 1.165) is 19.5 Å². The van der Waals surface area contributed by atoms with Crippen molar-refractivity contribution in [1.82, 2.24) is 10.2 Å². The number of aliphatic hydroxyl groups is 1. The van der Waals surface area contributed by atoms with Gasteiger partial charge in [0.2, 0.25) is 0 Å². The van der Waals surface area contributed by atoms with Gasteiger partial charge in [-0.15, -0.1) is 0 Å². The van der Waals surface area contributed by atoms with Crippen molar-refractivity contribution in [2.24, 2.45) is 0 Å². The fourth-order valence-corrected chi connectivity index (χ4v) is 2.68. The topological polar surface area (TPSA) is 44.7 Å². The Morgan fingerprint density at radius 1 is 1.19 bits per heavy atom. The molecule has 4 heteroatoms. The van der Waals surface area contributed by atoms with Crippen LogP contribution in [0.2, 0.25) is 0 Å². The minimum absolute atomic E-state index is 0.370. The Labute approximate surface area is 131 Å². The smallest absolute Gasteiger partial charge is 0.0897 e. The van der Waals surface area contributed by atoms with Gasteiger partial charge >= 0.3 is 0 Å². The molecule has 0 bridgehead atoms. The predicted molar refractivity (Wildman–Crippen MR) is 88.7 cm³/mol. The minimum Gasteiger partial charge on any atom is -0.389 e. The Balaban J connectivity index is 1.90. The average Bonchev–Trinajstić information content (AvgIpc) is 2.49. The fourth-order valence-electron chi connectivity index (χ4n) is 2.68. The van der Waals surface area contributed by atoms with E-state index >= 15 is 0 Å². The van der Waals surface area contributed by atoms with Gasteiger partial charge in [-0.2, -0.15) is 0 Å². The molecule has 0 aromatic carbocycles. The first kappa shape index (κ1) is 18.9. The summed E-state index contributed by atoms with van der Waals surface area (Å²) in [4.78, 5) is 2.37. The molecule has 126 valence electrons. The molecule has 1 fully saturated rings. The maximum absolute atomic E-state index is 9.90. The van der Waals surface area contributed by atoms with Crippen LogP contribution in [-0.2, 0) is 4.74 Å². The van der Waals surface area contributed by atoms with Gasteiger partial charge in [-0.05, 0) is 59.7 Å². The fraction of sp³-hybridized carbons (Fsp3) is 1.00. The van der Waals surface area contributed by atoms with E-state index in [1.54, 1.807) is 0 Å². The van der Waals surface area contributed by atoms with Gasteiger partial charge in [-0.25, -0.2) is 0 Å². The van der Waals surface area contributed by atoms with Gasteiger partial charge in [-0.3, -0.25) is 0 Å². The van der Waals surface area contributed by atoms with Crippen molar-refractivity contribution in [3.05, 3.63) is 0 Å². The lowest BCUT2D eigenvalue weighted by atomic mass is 9.98. The number of ether oxygens (including phenoxy) is 1. The zero-order valence-corrected chi connectivity index (χ0v) is 14.3. The SMILES string of the molecule is CC(C)N(C)CCCCNCC(O)COC1CCCCC1. The summed E-state index contributed by atoms with van der Waals surface area (Å²) in [5, 5.41) is 13.2. The van der Waals surface area contributed by atoms with E-state index in [4.69, 9.17) is 4.74 Å². The van der Waals surface area contributed by atoms with Crippen LogP contribution in [-0.4, -0.2) is 61.5 Å². The van der Waals surface area contributed by atoms with Gasteiger partial charge in [0.05, 0.1) is 18.8 Å². The zero-order chi connectivity index (χ0) is 15.5. The molecular formula is C17H36N2O2. The first-order valence-corrected chi connectivity index (χ1v) is 8.80. The summed E-state index contributed by atoms with van der Waals surface area (Å²) < 4.78 is 5.78. The molecule has 0 aliphatic heterocycles. The van der Waals surface area contributed by atoms with Crippen LogP contribution in [0.25, 0.3) is 0 Å². The second kappa shape index (κ2) is 11.4. The molecule has 0 spiro atoms. The van der Waals surface area contributed by atoms with Crippen molar-refractivity contribution >= 4 is 0 Å². The quantitative estimate of drug-likeness (QED) is 0.575. The second-order valence-corrected chi connectivity index (χ2v) is 6.73. The van der Waals surface area contributed by atoms with Crippen LogP contribution in [0.4, 0.5) is 0 Å². The molecule has 1 aliphatic carbocycles. The third-order valence-electron chi connectivity index (χ3n) is 4.45. The molecule has 0 radical (unpaired) electrons. The van der Waals surface area contributed by atoms with Gasteiger partial charge in [0.1, 0.15) is 0 Å². The highest BCUT2D eigenvalue weighted by atomic mass is 16.5. The molecule has 1 saturated carbocycles. The van der Waals surface area contributed by atoms with Crippen LogP contribution in [0, 0.1) is 0 Å². The van der Waals surface area contributed by atoms with Gasteiger partial charge in [0.25, 0.3) is 0 Å². The number of unbranched alkanes of at least 4 members (excludes halogenated alkanes) is 1. The zero-order valence-electron chi connectivity index (χ0n) is 14.3. The highest BCUT2D eigenvalue weighted by Crippen LogP contribution is 2.20. The van der Waals surface area contributed by atoms with Gasteiger partial charge in [0.15, 0.2) is 0 Å². The first-order valence-electron chi connectivity index (χ1n) is 8.80. The third-order valence-corrected chi connectivity index (χ3v) is 4.45. The number of nitrogens with zero attached hydrogens (tertiary/aromatic N) is 1. The molecule has 21 heavy (non-hydrogen) atoms. The maximum atomic E-state index is 9.90. The highest BCUT2D eigenvalue weighted by molar-refractivity contribution is 4.67. The van der Waals surface area contributed by atoms with E-state index in [-0.39, 0.29) is 6.10 Å². The lowest BCUT2D eigenvalue weighted by molar-refractivity contribution is -0.0229. The molecule has 0 heterocycles. The van der Waals surface area contributed by atoms with E-state index < -0.39 is 0 Å². The summed E-state index contributed by atoms with van der Waals surface area (Å²) in [5.74, 6) is 0. The van der Waals surface area contributed by atoms with Crippen molar-refractivity contribution in [2.45, 2.75) is 77.0 Å². The summed E-state index contributed by atoms with van der Waals surface area (Å²) in [6, 6.07) is 0.622.